The molecule has 28 heavy (non-hydrogen) atoms. The molecule has 0 bridgehead atoms. The Morgan fingerprint density at radius 1 is 1.00 bits per heavy atom. The van der Waals surface area contributed by atoms with E-state index in [1.54, 1.807) is 6.07 Å². The summed E-state index contributed by atoms with van der Waals surface area (Å²) in [7, 11) is 0. The number of halogens is 2. The molecule has 0 spiro atoms. The van der Waals surface area contributed by atoms with Gasteiger partial charge >= 0.3 is 11.8 Å². The summed E-state index contributed by atoms with van der Waals surface area (Å²) in [5, 5.41) is 9.76. The zero-order valence-electron chi connectivity index (χ0n) is 14.8. The molecule has 3 rings (SSSR count). The van der Waals surface area contributed by atoms with Gasteiger partial charge in [-0.1, -0.05) is 58.2 Å². The third-order valence-electron chi connectivity index (χ3n) is 3.80. The first-order valence-electron chi connectivity index (χ1n) is 8.36. The van der Waals surface area contributed by atoms with Crippen LogP contribution in [0.5, 0.6) is 0 Å². The number of hydrogen-bond acceptors (Lipinski definition) is 5. The van der Waals surface area contributed by atoms with Crippen molar-refractivity contribution >= 4 is 35.0 Å². The highest BCUT2D eigenvalue weighted by molar-refractivity contribution is 6.36. The van der Waals surface area contributed by atoms with Gasteiger partial charge in [-0.3, -0.25) is 9.59 Å². The molecule has 2 amide bonds. The van der Waals surface area contributed by atoms with E-state index < -0.39 is 5.91 Å². The Morgan fingerprint density at radius 2 is 1.68 bits per heavy atom. The highest BCUT2D eigenvalue weighted by Crippen LogP contribution is 2.20. The predicted octanol–water partition coefficient (Wildman–Crippen LogP) is 3.51. The maximum Gasteiger partial charge on any atom is 0.316 e. The van der Waals surface area contributed by atoms with Crippen molar-refractivity contribution in [2.75, 3.05) is 13.1 Å². The Bertz CT molecular complexity index is 1000. The quantitative estimate of drug-likeness (QED) is 0.596. The molecular formula is C19H16Cl2N4O3. The van der Waals surface area contributed by atoms with Gasteiger partial charge in [-0.2, -0.15) is 4.98 Å². The lowest BCUT2D eigenvalue weighted by Crippen LogP contribution is -2.34. The zero-order valence-corrected chi connectivity index (χ0v) is 16.3. The Hall–Kier alpha value is -2.90. The summed E-state index contributed by atoms with van der Waals surface area (Å²) in [6, 6.07) is 12.1. The fourth-order valence-corrected chi connectivity index (χ4v) is 2.83. The van der Waals surface area contributed by atoms with Crippen LogP contribution >= 0.6 is 23.2 Å². The number of carbonyl (C=O) groups is 2. The van der Waals surface area contributed by atoms with E-state index in [0.717, 1.165) is 11.1 Å². The molecule has 0 aliphatic heterocycles. The van der Waals surface area contributed by atoms with Crippen molar-refractivity contribution in [1.82, 2.24) is 20.8 Å². The van der Waals surface area contributed by atoms with Gasteiger partial charge in [0.05, 0.1) is 10.6 Å². The SMILES string of the molecule is Cc1ccc(-c2noc(C(=O)NCCNC(=O)c3ccc(Cl)cc3Cl)n2)cc1. The minimum absolute atomic E-state index is 0.150. The summed E-state index contributed by atoms with van der Waals surface area (Å²) in [5.41, 5.74) is 2.16. The second-order valence-electron chi connectivity index (χ2n) is 5.93. The van der Waals surface area contributed by atoms with Gasteiger partial charge in [-0.25, -0.2) is 0 Å². The zero-order chi connectivity index (χ0) is 20.1. The van der Waals surface area contributed by atoms with Crippen LogP contribution in [0, 0.1) is 6.92 Å². The van der Waals surface area contributed by atoms with Gasteiger partial charge in [0.25, 0.3) is 5.91 Å². The lowest BCUT2D eigenvalue weighted by Gasteiger charge is -2.07. The Balaban J connectivity index is 1.49. The standard InChI is InChI=1S/C19H16Cl2N4O3/c1-11-2-4-12(5-3-11)16-24-19(28-25-16)18(27)23-9-8-22-17(26)14-7-6-13(20)10-15(14)21/h2-7,10H,8-9H2,1H3,(H,22,26)(H,23,27). The average molecular weight is 419 g/mol. The molecule has 0 aliphatic rings. The Morgan fingerprint density at radius 3 is 2.36 bits per heavy atom. The molecular weight excluding hydrogens is 403 g/mol. The first-order valence-corrected chi connectivity index (χ1v) is 9.12. The van der Waals surface area contributed by atoms with Gasteiger partial charge < -0.3 is 15.2 Å². The topological polar surface area (TPSA) is 97.1 Å². The number of hydrogen-bond donors (Lipinski definition) is 2. The third-order valence-corrected chi connectivity index (χ3v) is 4.35. The van der Waals surface area contributed by atoms with E-state index in [2.05, 4.69) is 20.8 Å². The summed E-state index contributed by atoms with van der Waals surface area (Å²) in [5.74, 6) is -0.710. The first kappa shape index (κ1) is 19.9. The number of nitrogens with one attached hydrogen (secondary N) is 2. The van der Waals surface area contributed by atoms with Crippen LogP contribution in [0.25, 0.3) is 11.4 Å². The number of aryl methyl sites for hydroxylation is 1. The monoisotopic (exact) mass is 418 g/mol. The summed E-state index contributed by atoms with van der Waals surface area (Å²) in [6.45, 7) is 2.35. The minimum atomic E-state index is -0.523. The first-order chi connectivity index (χ1) is 13.4. The fourth-order valence-electron chi connectivity index (χ4n) is 2.33. The van der Waals surface area contributed by atoms with Crippen molar-refractivity contribution < 1.29 is 14.1 Å². The molecule has 0 unspecified atom stereocenters. The summed E-state index contributed by atoms with van der Waals surface area (Å²) in [4.78, 5) is 28.3. The Labute approximate surface area is 171 Å². The van der Waals surface area contributed by atoms with Crippen LogP contribution in [0.1, 0.15) is 26.6 Å². The molecule has 0 fully saturated rings. The predicted molar refractivity (Wildman–Crippen MR) is 106 cm³/mol. The molecule has 2 N–H and O–H groups in total. The minimum Gasteiger partial charge on any atom is -0.350 e. The molecule has 144 valence electrons. The van der Waals surface area contributed by atoms with E-state index >= 15 is 0 Å². The van der Waals surface area contributed by atoms with E-state index in [0.29, 0.717) is 16.4 Å². The van der Waals surface area contributed by atoms with Crippen molar-refractivity contribution in [3.05, 3.63) is 69.5 Å². The largest absolute Gasteiger partial charge is 0.350 e. The number of amides is 2. The third kappa shape index (κ3) is 4.88. The van der Waals surface area contributed by atoms with Crippen molar-refractivity contribution in [3.63, 3.8) is 0 Å². The highest BCUT2D eigenvalue weighted by atomic mass is 35.5. The van der Waals surface area contributed by atoms with E-state index in [1.807, 2.05) is 31.2 Å². The van der Waals surface area contributed by atoms with Gasteiger partial charge in [0.2, 0.25) is 5.82 Å². The molecule has 2 aromatic carbocycles. The van der Waals surface area contributed by atoms with Gasteiger partial charge in [-0.05, 0) is 25.1 Å². The van der Waals surface area contributed by atoms with Crippen molar-refractivity contribution in [2.45, 2.75) is 6.92 Å². The number of benzene rings is 2. The normalized spacial score (nSPS) is 10.5. The van der Waals surface area contributed by atoms with E-state index in [-0.39, 0.29) is 29.9 Å². The van der Waals surface area contributed by atoms with Gasteiger partial charge in [0.1, 0.15) is 0 Å². The average Bonchev–Trinajstić information content (AvgIpc) is 3.15. The molecule has 3 aromatic rings. The molecule has 0 radical (unpaired) electrons. The fraction of sp³-hybridized carbons (Fsp3) is 0.158. The second-order valence-corrected chi connectivity index (χ2v) is 6.77. The number of carbonyl (C=O) groups excluding carboxylic acids is 2. The molecule has 1 heterocycles. The van der Waals surface area contributed by atoms with Crippen molar-refractivity contribution in [1.29, 1.82) is 0 Å². The van der Waals surface area contributed by atoms with Crippen molar-refractivity contribution in [3.8, 4) is 11.4 Å². The number of rotatable bonds is 6. The van der Waals surface area contributed by atoms with Crippen LogP contribution in [-0.4, -0.2) is 35.0 Å². The molecule has 0 saturated carbocycles. The smallest absolute Gasteiger partial charge is 0.316 e. The van der Waals surface area contributed by atoms with Crippen LogP contribution in [-0.2, 0) is 0 Å². The number of nitrogens with zero attached hydrogens (tertiary/aromatic N) is 2. The number of aromatic nitrogens is 2. The van der Waals surface area contributed by atoms with Crippen LogP contribution in [0.4, 0.5) is 0 Å². The van der Waals surface area contributed by atoms with Gasteiger partial charge in [-0.15, -0.1) is 0 Å². The van der Waals surface area contributed by atoms with Crippen molar-refractivity contribution in [2.24, 2.45) is 0 Å². The van der Waals surface area contributed by atoms with Crippen LogP contribution in [0.15, 0.2) is 47.0 Å². The van der Waals surface area contributed by atoms with Crippen LogP contribution in [0.3, 0.4) is 0 Å². The Kier molecular flexibility index (Phi) is 6.28. The lowest BCUT2D eigenvalue weighted by molar-refractivity contribution is 0.0898. The molecule has 0 aliphatic carbocycles. The summed E-state index contributed by atoms with van der Waals surface area (Å²) in [6.07, 6.45) is 0. The summed E-state index contributed by atoms with van der Waals surface area (Å²) >= 11 is 11.8. The molecule has 0 atom stereocenters. The second kappa shape index (κ2) is 8.86. The maximum absolute atomic E-state index is 12.1. The van der Waals surface area contributed by atoms with Gasteiger partial charge in [0.15, 0.2) is 0 Å². The molecule has 7 nitrogen and oxygen atoms in total. The molecule has 9 heteroatoms. The highest BCUT2D eigenvalue weighted by Gasteiger charge is 2.16. The van der Waals surface area contributed by atoms with E-state index in [1.165, 1.54) is 12.1 Å². The van der Waals surface area contributed by atoms with Crippen LogP contribution < -0.4 is 10.6 Å². The molecule has 1 aromatic heterocycles. The van der Waals surface area contributed by atoms with Crippen LogP contribution in [0.2, 0.25) is 10.0 Å². The molecule has 0 saturated heterocycles. The maximum atomic E-state index is 12.1. The van der Waals surface area contributed by atoms with E-state index in [4.69, 9.17) is 27.7 Å². The van der Waals surface area contributed by atoms with E-state index in [9.17, 15) is 9.59 Å². The lowest BCUT2D eigenvalue weighted by atomic mass is 10.1. The van der Waals surface area contributed by atoms with Gasteiger partial charge in [0, 0.05) is 23.7 Å². The summed E-state index contributed by atoms with van der Waals surface area (Å²) < 4.78 is 5.00.